The number of hydrogen-bond donors (Lipinski definition) is 0. The molecule has 0 heterocycles. The molecule has 0 aliphatic heterocycles. The summed E-state index contributed by atoms with van der Waals surface area (Å²) in [5.74, 6) is -0.525. The summed E-state index contributed by atoms with van der Waals surface area (Å²) in [6.45, 7) is 3.62. The van der Waals surface area contributed by atoms with Crippen LogP contribution in [0, 0.1) is 19.7 Å². The predicted molar refractivity (Wildman–Crippen MR) is 62.1 cm³/mol. The van der Waals surface area contributed by atoms with Gasteiger partial charge in [-0.05, 0) is 55.9 Å². The minimum atomic E-state index is -0.393. The number of carbonyl (C=O) groups excluding carboxylic acids is 1. The Kier molecular flexibility index (Phi) is 2.90. The summed E-state index contributed by atoms with van der Waals surface area (Å²) in [5, 5.41) is 0. The number of halogens is 1. The van der Waals surface area contributed by atoms with Gasteiger partial charge in [-0.15, -0.1) is 0 Å². The summed E-state index contributed by atoms with van der Waals surface area (Å²) in [6.07, 6.45) is 4.66. The van der Waals surface area contributed by atoms with E-state index in [1.165, 1.54) is 6.07 Å². The van der Waals surface area contributed by atoms with Crippen LogP contribution in [0.25, 0.3) is 0 Å². The van der Waals surface area contributed by atoms with Crippen LogP contribution in [0.1, 0.15) is 40.7 Å². The fourth-order valence-corrected chi connectivity index (χ4v) is 2.24. The zero-order valence-corrected chi connectivity index (χ0v) is 9.64. The first kappa shape index (κ1) is 11.1. The fourth-order valence-electron chi connectivity index (χ4n) is 2.24. The largest absolute Gasteiger partial charge is 0.289 e. The van der Waals surface area contributed by atoms with Crippen LogP contribution in [0.2, 0.25) is 0 Å². The van der Waals surface area contributed by atoms with Crippen molar-refractivity contribution in [3.05, 3.63) is 46.3 Å². The molecule has 1 aromatic carbocycles. The normalized spacial score (nSPS) is 15.1. The van der Waals surface area contributed by atoms with Gasteiger partial charge in [0.15, 0.2) is 5.78 Å². The van der Waals surface area contributed by atoms with Crippen molar-refractivity contribution in [3.8, 4) is 0 Å². The maximum atomic E-state index is 13.8. The fraction of sp³-hybridized carbons (Fsp3) is 0.357. The van der Waals surface area contributed by atoms with Gasteiger partial charge in [-0.2, -0.15) is 0 Å². The number of allylic oxidation sites excluding steroid dienone is 2. The predicted octanol–water partition coefficient (Wildman–Crippen LogP) is 3.74. The molecule has 1 nitrogen and oxygen atoms in total. The summed E-state index contributed by atoms with van der Waals surface area (Å²) in [7, 11) is 0. The van der Waals surface area contributed by atoms with E-state index in [0.29, 0.717) is 0 Å². The third kappa shape index (κ3) is 1.92. The molecule has 1 aliphatic rings. The standard InChI is InChI=1S/C14H15FO/c1-9-7-10(2)13(12(15)8-9)14(16)11-5-3-4-6-11/h5,7-8H,3-4,6H2,1-2H3. The molecule has 0 radical (unpaired) electrons. The third-order valence-corrected chi connectivity index (χ3v) is 2.99. The Hall–Kier alpha value is -1.44. The van der Waals surface area contributed by atoms with Crippen LogP contribution < -0.4 is 0 Å². The van der Waals surface area contributed by atoms with E-state index in [1.807, 2.05) is 19.1 Å². The van der Waals surface area contributed by atoms with Crippen molar-refractivity contribution in [1.29, 1.82) is 0 Å². The maximum Gasteiger partial charge on any atom is 0.191 e. The zero-order chi connectivity index (χ0) is 11.7. The average molecular weight is 218 g/mol. The summed E-state index contributed by atoms with van der Waals surface area (Å²) in [5.41, 5.74) is 2.60. The quantitative estimate of drug-likeness (QED) is 0.691. The molecule has 0 bridgehead atoms. The Morgan fingerprint density at radius 1 is 1.31 bits per heavy atom. The van der Waals surface area contributed by atoms with Gasteiger partial charge in [-0.25, -0.2) is 4.39 Å². The Morgan fingerprint density at radius 3 is 2.62 bits per heavy atom. The highest BCUT2D eigenvalue weighted by molar-refractivity contribution is 6.10. The molecule has 1 aromatic rings. The molecule has 0 saturated carbocycles. The molecule has 0 atom stereocenters. The van der Waals surface area contributed by atoms with E-state index < -0.39 is 5.82 Å². The van der Waals surface area contributed by atoms with Crippen LogP contribution in [0.4, 0.5) is 4.39 Å². The molecular formula is C14H15FO. The first-order valence-corrected chi connectivity index (χ1v) is 5.60. The number of carbonyl (C=O) groups is 1. The van der Waals surface area contributed by atoms with Crippen molar-refractivity contribution in [1.82, 2.24) is 0 Å². The first-order valence-electron chi connectivity index (χ1n) is 5.60. The molecule has 2 rings (SSSR count). The van der Waals surface area contributed by atoms with E-state index in [-0.39, 0.29) is 11.3 Å². The van der Waals surface area contributed by atoms with Gasteiger partial charge < -0.3 is 0 Å². The van der Waals surface area contributed by atoms with E-state index in [1.54, 1.807) is 6.92 Å². The molecular weight excluding hydrogens is 203 g/mol. The lowest BCUT2D eigenvalue weighted by atomic mass is 9.96. The number of rotatable bonds is 2. The third-order valence-electron chi connectivity index (χ3n) is 2.99. The minimum absolute atomic E-state index is 0.132. The summed E-state index contributed by atoms with van der Waals surface area (Å²) < 4.78 is 13.8. The molecule has 0 aromatic heterocycles. The van der Waals surface area contributed by atoms with Crippen molar-refractivity contribution in [3.63, 3.8) is 0 Å². The van der Waals surface area contributed by atoms with Crippen LogP contribution in [0.5, 0.6) is 0 Å². The SMILES string of the molecule is Cc1cc(C)c(C(=O)C2=CCCC2)c(F)c1. The minimum Gasteiger partial charge on any atom is -0.289 e. The lowest BCUT2D eigenvalue weighted by Gasteiger charge is -2.08. The molecule has 0 unspecified atom stereocenters. The van der Waals surface area contributed by atoms with Gasteiger partial charge in [0.25, 0.3) is 0 Å². The molecule has 84 valence electrons. The van der Waals surface area contributed by atoms with Gasteiger partial charge in [0.05, 0.1) is 5.56 Å². The second-order valence-corrected chi connectivity index (χ2v) is 4.39. The lowest BCUT2D eigenvalue weighted by Crippen LogP contribution is -2.07. The summed E-state index contributed by atoms with van der Waals surface area (Å²) >= 11 is 0. The highest BCUT2D eigenvalue weighted by Crippen LogP contribution is 2.25. The van der Waals surface area contributed by atoms with Crippen LogP contribution in [-0.4, -0.2) is 5.78 Å². The number of aryl methyl sites for hydroxylation is 2. The van der Waals surface area contributed by atoms with E-state index in [0.717, 1.165) is 36.0 Å². The summed E-state index contributed by atoms with van der Waals surface area (Å²) in [4.78, 5) is 12.1. The lowest BCUT2D eigenvalue weighted by molar-refractivity contribution is 0.102. The second kappa shape index (κ2) is 4.20. The van der Waals surface area contributed by atoms with E-state index >= 15 is 0 Å². The van der Waals surface area contributed by atoms with Gasteiger partial charge in [0.1, 0.15) is 5.82 Å². The molecule has 0 amide bonds. The first-order chi connectivity index (χ1) is 7.59. The monoisotopic (exact) mass is 218 g/mol. The smallest absolute Gasteiger partial charge is 0.191 e. The Labute approximate surface area is 95.0 Å². The van der Waals surface area contributed by atoms with Crippen LogP contribution in [0.3, 0.4) is 0 Å². The topological polar surface area (TPSA) is 17.1 Å². The Morgan fingerprint density at radius 2 is 2.06 bits per heavy atom. The highest BCUT2D eigenvalue weighted by Gasteiger charge is 2.20. The van der Waals surface area contributed by atoms with Crippen LogP contribution in [0.15, 0.2) is 23.8 Å². The Bertz CT molecular complexity index is 449. The van der Waals surface area contributed by atoms with E-state index in [2.05, 4.69) is 0 Å². The van der Waals surface area contributed by atoms with Crippen molar-refractivity contribution in [2.75, 3.05) is 0 Å². The van der Waals surface area contributed by atoms with Crippen molar-refractivity contribution >= 4 is 5.78 Å². The molecule has 1 aliphatic carbocycles. The van der Waals surface area contributed by atoms with Gasteiger partial charge in [0, 0.05) is 0 Å². The van der Waals surface area contributed by atoms with Gasteiger partial charge >= 0.3 is 0 Å². The van der Waals surface area contributed by atoms with E-state index in [4.69, 9.17) is 0 Å². The van der Waals surface area contributed by atoms with Gasteiger partial charge in [0.2, 0.25) is 0 Å². The van der Waals surface area contributed by atoms with Crippen LogP contribution >= 0.6 is 0 Å². The number of ketones is 1. The average Bonchev–Trinajstić information content (AvgIpc) is 2.67. The van der Waals surface area contributed by atoms with Crippen LogP contribution in [-0.2, 0) is 0 Å². The molecule has 2 heteroatoms. The zero-order valence-electron chi connectivity index (χ0n) is 9.64. The molecule has 0 N–H and O–H groups in total. The van der Waals surface area contributed by atoms with Crippen molar-refractivity contribution < 1.29 is 9.18 Å². The van der Waals surface area contributed by atoms with Crippen molar-refractivity contribution in [2.24, 2.45) is 0 Å². The highest BCUT2D eigenvalue weighted by atomic mass is 19.1. The van der Waals surface area contributed by atoms with Gasteiger partial charge in [-0.3, -0.25) is 4.79 Å². The molecule has 0 fully saturated rings. The number of hydrogen-bond acceptors (Lipinski definition) is 1. The number of benzene rings is 1. The van der Waals surface area contributed by atoms with E-state index in [9.17, 15) is 9.18 Å². The molecule has 0 spiro atoms. The number of Topliss-reactive ketones (excluding diaryl/α,β-unsaturated/α-hetero) is 1. The Balaban J connectivity index is 2.44. The molecule has 16 heavy (non-hydrogen) atoms. The second-order valence-electron chi connectivity index (χ2n) is 4.39. The summed E-state index contributed by atoms with van der Waals surface area (Å²) in [6, 6.07) is 3.28. The molecule has 0 saturated heterocycles. The van der Waals surface area contributed by atoms with Gasteiger partial charge in [-0.1, -0.05) is 12.1 Å². The maximum absolute atomic E-state index is 13.8. The van der Waals surface area contributed by atoms with Crippen molar-refractivity contribution in [2.45, 2.75) is 33.1 Å².